The summed E-state index contributed by atoms with van der Waals surface area (Å²) in [6, 6.07) is 0. The smallest absolute Gasteiger partial charge is 1.00 e. The molecule has 0 atom stereocenters. The molecule has 0 fully saturated rings. The summed E-state index contributed by atoms with van der Waals surface area (Å²) in [6.07, 6.45) is -2.29. The molecule has 0 aliphatic rings. The van der Waals surface area contributed by atoms with Crippen LogP contribution >= 0.6 is 0 Å². The molecule has 7 nitrogen and oxygen atoms in total. The van der Waals surface area contributed by atoms with Crippen molar-refractivity contribution in [2.45, 2.75) is 18.4 Å². The van der Waals surface area contributed by atoms with Gasteiger partial charge in [0.15, 0.2) is 5.60 Å². The predicted molar refractivity (Wildman–Crippen MR) is 49.3 cm³/mol. The zero-order valence-corrected chi connectivity index (χ0v) is 18.4. The molecule has 0 aliphatic carbocycles. The first-order valence-corrected chi connectivity index (χ1v) is 3.17. The Morgan fingerprint density at radius 3 is 1.24 bits per heavy atom. The average molecular weight is 294 g/mol. The standard InChI is InChI=1S/C6H8O7.3Na.H3Si.2H/c7-3(8)1-6(13,5(11)12)2-4(9)10;;;;;;/h13H,1-2H2,(H,7,8)(H,9,10)(H,11,12);;;;1H3;;/q;3*+1;3*-1. The maximum absolute atomic E-state index is 10.3. The second-order valence-corrected chi connectivity index (χ2v) is 2.48. The fraction of sp³-hybridized carbons (Fsp3) is 0.500. The third-order valence-electron chi connectivity index (χ3n) is 1.29. The van der Waals surface area contributed by atoms with Crippen molar-refractivity contribution < 1.29 is 126 Å². The van der Waals surface area contributed by atoms with E-state index in [-0.39, 0.29) is 102 Å². The normalized spacial score (nSPS) is 8.29. The Labute approximate surface area is 171 Å². The van der Waals surface area contributed by atoms with E-state index in [2.05, 4.69) is 0 Å². The Kier molecular flexibility index (Phi) is 25.7. The van der Waals surface area contributed by atoms with Gasteiger partial charge in [-0.1, -0.05) is 0 Å². The number of carbonyl (C=O) groups is 3. The Hall–Kier alpha value is 1.59. The van der Waals surface area contributed by atoms with Crippen LogP contribution in [-0.4, -0.2) is 54.9 Å². The van der Waals surface area contributed by atoms with Gasteiger partial charge in [-0.2, -0.15) is 0 Å². The van der Waals surface area contributed by atoms with E-state index in [1.165, 1.54) is 0 Å². The van der Waals surface area contributed by atoms with Crippen molar-refractivity contribution in [1.82, 2.24) is 0 Å². The van der Waals surface area contributed by atoms with Crippen LogP contribution in [0.2, 0.25) is 0 Å². The molecule has 17 heavy (non-hydrogen) atoms. The number of carboxylic acid groups (broad SMARTS) is 3. The molecule has 0 rings (SSSR count). The molecule has 0 aliphatic heterocycles. The number of aliphatic hydroxyl groups is 1. The van der Waals surface area contributed by atoms with E-state index in [1.54, 1.807) is 0 Å². The van der Waals surface area contributed by atoms with Crippen LogP contribution in [0.1, 0.15) is 15.7 Å². The first kappa shape index (κ1) is 31.1. The molecule has 0 bridgehead atoms. The third kappa shape index (κ3) is 13.8. The molecule has 0 amide bonds. The SMILES string of the molecule is O=C(O)CC(O)(CC(=O)O)C(=O)O.[H-].[H-].[Na+].[Na+].[Na+].[SiH3-]. The van der Waals surface area contributed by atoms with Gasteiger partial charge in [0.1, 0.15) is 0 Å². The van der Waals surface area contributed by atoms with E-state index >= 15 is 0 Å². The van der Waals surface area contributed by atoms with E-state index in [0.717, 1.165) is 0 Å². The fourth-order valence-electron chi connectivity index (χ4n) is 0.714. The minimum Gasteiger partial charge on any atom is -1.00 e. The topological polar surface area (TPSA) is 132 Å². The molecule has 0 aromatic carbocycles. The molecular weight excluding hydrogens is 281 g/mol. The van der Waals surface area contributed by atoms with Crippen LogP contribution in [0.15, 0.2) is 0 Å². The maximum Gasteiger partial charge on any atom is 1.00 e. The second-order valence-electron chi connectivity index (χ2n) is 2.48. The molecular formula is C6H13Na3O7Si. The first-order chi connectivity index (χ1) is 5.78. The van der Waals surface area contributed by atoms with Crippen LogP contribution in [0.5, 0.6) is 0 Å². The second kappa shape index (κ2) is 14.0. The van der Waals surface area contributed by atoms with Crippen molar-refractivity contribution in [2.75, 3.05) is 0 Å². The molecule has 0 saturated heterocycles. The van der Waals surface area contributed by atoms with Crippen molar-refractivity contribution in [3.8, 4) is 0 Å². The van der Waals surface area contributed by atoms with Gasteiger partial charge >= 0.3 is 107 Å². The molecule has 4 N–H and O–H groups in total. The summed E-state index contributed by atoms with van der Waals surface area (Å²) < 4.78 is 0. The maximum atomic E-state index is 10.3. The number of aliphatic carboxylic acids is 3. The van der Waals surface area contributed by atoms with Gasteiger partial charge in [-0.15, -0.1) is 0 Å². The first-order valence-electron chi connectivity index (χ1n) is 3.17. The van der Waals surface area contributed by atoms with Crippen molar-refractivity contribution >= 4 is 28.9 Å². The summed E-state index contributed by atoms with van der Waals surface area (Å²) in [5, 5.41) is 33.8. The summed E-state index contributed by atoms with van der Waals surface area (Å²) >= 11 is 0. The Bertz CT molecular complexity index is 253. The molecule has 11 heteroatoms. The molecule has 86 valence electrons. The van der Waals surface area contributed by atoms with Crippen LogP contribution in [0.4, 0.5) is 0 Å². The molecule has 0 heterocycles. The molecule has 0 aromatic rings. The largest absolute Gasteiger partial charge is 1.00 e. The van der Waals surface area contributed by atoms with Gasteiger partial charge in [-0.25, -0.2) is 4.79 Å². The van der Waals surface area contributed by atoms with Gasteiger partial charge in [0, 0.05) is 0 Å². The van der Waals surface area contributed by atoms with Crippen molar-refractivity contribution in [3.63, 3.8) is 0 Å². The van der Waals surface area contributed by atoms with Gasteiger partial charge < -0.3 is 34.2 Å². The fourth-order valence-corrected chi connectivity index (χ4v) is 0.714. The zero-order valence-electron chi connectivity index (χ0n) is 12.4. The van der Waals surface area contributed by atoms with Gasteiger partial charge in [0.2, 0.25) is 0 Å². The van der Waals surface area contributed by atoms with Crippen molar-refractivity contribution in [2.24, 2.45) is 0 Å². The average Bonchev–Trinajstić information content (AvgIpc) is 1.82. The van der Waals surface area contributed by atoms with Crippen molar-refractivity contribution in [3.05, 3.63) is 0 Å². The number of hydrogen-bond donors (Lipinski definition) is 4. The van der Waals surface area contributed by atoms with Gasteiger partial charge in [0.05, 0.1) is 12.8 Å². The zero-order chi connectivity index (χ0) is 10.6. The van der Waals surface area contributed by atoms with E-state index in [9.17, 15) is 14.4 Å². The van der Waals surface area contributed by atoms with Crippen LogP contribution in [0.25, 0.3) is 0 Å². The van der Waals surface area contributed by atoms with Gasteiger partial charge in [-0.05, 0) is 0 Å². The number of rotatable bonds is 5. The Morgan fingerprint density at radius 2 is 1.12 bits per heavy atom. The third-order valence-corrected chi connectivity index (χ3v) is 1.29. The molecule has 0 unspecified atom stereocenters. The number of hydrogen-bond acceptors (Lipinski definition) is 4. The predicted octanol–water partition coefficient (Wildman–Crippen LogP) is -11.2. The Balaban J connectivity index is -0.0000000480. The number of carboxylic acids is 3. The van der Waals surface area contributed by atoms with Gasteiger partial charge in [-0.3, -0.25) is 9.59 Å². The van der Waals surface area contributed by atoms with Crippen LogP contribution in [0, 0.1) is 0 Å². The van der Waals surface area contributed by atoms with Crippen LogP contribution < -0.4 is 88.7 Å². The summed E-state index contributed by atoms with van der Waals surface area (Å²) in [6.45, 7) is 0. The van der Waals surface area contributed by atoms with Crippen LogP contribution in [0.3, 0.4) is 0 Å². The van der Waals surface area contributed by atoms with E-state index in [0.29, 0.717) is 0 Å². The molecule has 0 spiro atoms. The molecule has 0 saturated carbocycles. The van der Waals surface area contributed by atoms with Crippen molar-refractivity contribution in [1.29, 1.82) is 0 Å². The van der Waals surface area contributed by atoms with Crippen LogP contribution in [-0.2, 0) is 14.4 Å². The van der Waals surface area contributed by atoms with E-state index in [4.69, 9.17) is 20.4 Å². The quantitative estimate of drug-likeness (QED) is 0.370. The van der Waals surface area contributed by atoms with Gasteiger partial charge in [0.25, 0.3) is 0 Å². The summed E-state index contributed by atoms with van der Waals surface area (Å²) in [7, 11) is 0. The molecule has 0 aromatic heterocycles. The minimum atomic E-state index is -2.74. The van der Waals surface area contributed by atoms with E-state index < -0.39 is 36.4 Å². The minimum absolute atomic E-state index is 0. The summed E-state index contributed by atoms with van der Waals surface area (Å²) in [5.41, 5.74) is -2.74. The van der Waals surface area contributed by atoms with E-state index in [1.807, 2.05) is 0 Å². The molecule has 0 radical (unpaired) electrons. The monoisotopic (exact) mass is 294 g/mol. The Morgan fingerprint density at radius 1 is 0.882 bits per heavy atom. The summed E-state index contributed by atoms with van der Waals surface area (Å²) in [5.74, 6) is -5.02. The summed E-state index contributed by atoms with van der Waals surface area (Å²) in [4.78, 5) is 30.5.